The van der Waals surface area contributed by atoms with Crippen LogP contribution in [0.2, 0.25) is 5.02 Å². The van der Waals surface area contributed by atoms with Gasteiger partial charge in [-0.05, 0) is 37.1 Å². The first kappa shape index (κ1) is 19.6. The van der Waals surface area contributed by atoms with Crippen molar-refractivity contribution in [3.8, 4) is 0 Å². The first-order valence-corrected chi connectivity index (χ1v) is 8.31. The predicted octanol–water partition coefficient (Wildman–Crippen LogP) is 2.82. The number of carbonyl (C=O) groups excluding carboxylic acids is 1. The lowest BCUT2D eigenvalue weighted by Gasteiger charge is -2.33. The molecular formula is C15H22Cl2N2O2S. The van der Waals surface area contributed by atoms with Gasteiger partial charge in [-0.2, -0.15) is 0 Å². The van der Waals surface area contributed by atoms with Crippen molar-refractivity contribution < 1.29 is 9.53 Å². The minimum absolute atomic E-state index is 0. The average Bonchev–Trinajstić information content (AvgIpc) is 2.50. The highest BCUT2D eigenvalue weighted by atomic mass is 35.5. The minimum Gasteiger partial charge on any atom is -0.383 e. The van der Waals surface area contributed by atoms with Crippen LogP contribution >= 0.6 is 35.8 Å². The number of methoxy groups -OCH3 is 1. The van der Waals surface area contributed by atoms with Gasteiger partial charge in [0.15, 0.2) is 0 Å². The van der Waals surface area contributed by atoms with E-state index in [0.29, 0.717) is 5.25 Å². The van der Waals surface area contributed by atoms with Crippen LogP contribution in [0.15, 0.2) is 29.2 Å². The maximum Gasteiger partial charge on any atom is 0.241 e. The summed E-state index contributed by atoms with van der Waals surface area (Å²) in [5.74, 6) is -0.00760. The molecule has 1 saturated heterocycles. The van der Waals surface area contributed by atoms with Gasteiger partial charge in [0.25, 0.3) is 0 Å². The highest BCUT2D eigenvalue weighted by Crippen LogP contribution is 2.31. The van der Waals surface area contributed by atoms with Gasteiger partial charge in [-0.15, -0.1) is 24.2 Å². The fourth-order valence-corrected chi connectivity index (χ4v) is 3.64. The van der Waals surface area contributed by atoms with Crippen molar-refractivity contribution in [1.29, 1.82) is 0 Å². The zero-order valence-electron chi connectivity index (χ0n) is 12.5. The van der Waals surface area contributed by atoms with Gasteiger partial charge in [-0.3, -0.25) is 4.79 Å². The van der Waals surface area contributed by atoms with Crippen molar-refractivity contribution in [2.75, 3.05) is 26.8 Å². The Morgan fingerprint density at radius 3 is 2.55 bits per heavy atom. The second kappa shape index (κ2) is 9.63. The first-order chi connectivity index (χ1) is 10.1. The number of ether oxygens (including phenoxy) is 1. The van der Waals surface area contributed by atoms with Crippen molar-refractivity contribution >= 4 is 41.7 Å². The molecule has 0 radical (unpaired) electrons. The fraction of sp³-hybridized carbons (Fsp3) is 0.533. The summed E-state index contributed by atoms with van der Waals surface area (Å²) in [6, 6.07) is 7.35. The van der Waals surface area contributed by atoms with Crippen LogP contribution in [-0.4, -0.2) is 48.9 Å². The van der Waals surface area contributed by atoms with Crippen LogP contribution in [0.4, 0.5) is 0 Å². The van der Waals surface area contributed by atoms with E-state index >= 15 is 0 Å². The lowest BCUT2D eigenvalue weighted by molar-refractivity contribution is -0.134. The van der Waals surface area contributed by atoms with Crippen LogP contribution < -0.4 is 5.73 Å². The smallest absolute Gasteiger partial charge is 0.241 e. The number of benzene rings is 1. The molecule has 22 heavy (non-hydrogen) atoms. The highest BCUT2D eigenvalue weighted by molar-refractivity contribution is 8.00. The Hall–Kier alpha value is -0.460. The third kappa shape index (κ3) is 5.63. The Kier molecular flexibility index (Phi) is 8.57. The zero-order valence-corrected chi connectivity index (χ0v) is 14.9. The molecule has 2 rings (SSSR count). The number of hydrogen-bond donors (Lipinski definition) is 1. The van der Waals surface area contributed by atoms with Crippen LogP contribution in [0.3, 0.4) is 0 Å². The Morgan fingerprint density at radius 2 is 2.00 bits per heavy atom. The fourth-order valence-electron chi connectivity index (χ4n) is 2.39. The SMILES string of the molecule is COCC(N)C(=O)N1CCC(Sc2ccc(Cl)cc2)CC1.Cl. The van der Waals surface area contributed by atoms with E-state index in [9.17, 15) is 4.79 Å². The summed E-state index contributed by atoms with van der Waals surface area (Å²) in [5.41, 5.74) is 5.80. The Labute approximate surface area is 147 Å². The second-order valence-corrected chi connectivity index (χ2v) is 6.97. The molecule has 1 aliphatic heterocycles. The number of piperidine rings is 1. The molecule has 0 aromatic heterocycles. The summed E-state index contributed by atoms with van der Waals surface area (Å²) in [6.07, 6.45) is 1.97. The number of likely N-dealkylation sites (tertiary alicyclic amines) is 1. The van der Waals surface area contributed by atoms with Gasteiger partial charge < -0.3 is 15.4 Å². The van der Waals surface area contributed by atoms with Crippen LogP contribution in [0.5, 0.6) is 0 Å². The van der Waals surface area contributed by atoms with Crippen molar-refractivity contribution in [3.05, 3.63) is 29.3 Å². The van der Waals surface area contributed by atoms with E-state index in [2.05, 4.69) is 0 Å². The molecule has 1 heterocycles. The molecule has 1 aliphatic rings. The molecule has 0 saturated carbocycles. The maximum absolute atomic E-state index is 12.1. The van der Waals surface area contributed by atoms with Crippen LogP contribution in [-0.2, 0) is 9.53 Å². The maximum atomic E-state index is 12.1. The molecule has 1 aromatic carbocycles. The van der Waals surface area contributed by atoms with E-state index < -0.39 is 6.04 Å². The number of halogens is 2. The summed E-state index contributed by atoms with van der Waals surface area (Å²) in [4.78, 5) is 15.2. The van der Waals surface area contributed by atoms with Gasteiger partial charge in [-0.1, -0.05) is 11.6 Å². The number of thioether (sulfide) groups is 1. The van der Waals surface area contributed by atoms with Gasteiger partial charge in [0.05, 0.1) is 6.61 Å². The Morgan fingerprint density at radius 1 is 1.41 bits per heavy atom. The molecule has 7 heteroatoms. The van der Waals surface area contributed by atoms with E-state index in [1.165, 1.54) is 4.90 Å². The van der Waals surface area contributed by atoms with E-state index in [-0.39, 0.29) is 24.9 Å². The van der Waals surface area contributed by atoms with E-state index in [4.69, 9.17) is 22.1 Å². The minimum atomic E-state index is -0.546. The van der Waals surface area contributed by atoms with E-state index in [0.717, 1.165) is 31.0 Å². The number of hydrogen-bond acceptors (Lipinski definition) is 4. The third-order valence-electron chi connectivity index (χ3n) is 3.53. The number of nitrogens with two attached hydrogens (primary N) is 1. The van der Waals surface area contributed by atoms with Crippen LogP contribution in [0.25, 0.3) is 0 Å². The van der Waals surface area contributed by atoms with E-state index in [1.54, 1.807) is 7.11 Å². The number of rotatable bonds is 5. The lowest BCUT2D eigenvalue weighted by atomic mass is 10.1. The molecule has 1 fully saturated rings. The van der Waals surface area contributed by atoms with Gasteiger partial charge in [0, 0.05) is 35.4 Å². The molecular weight excluding hydrogens is 343 g/mol. The number of nitrogens with zero attached hydrogens (tertiary/aromatic N) is 1. The molecule has 2 N–H and O–H groups in total. The van der Waals surface area contributed by atoms with Crippen molar-refractivity contribution in [3.63, 3.8) is 0 Å². The topological polar surface area (TPSA) is 55.6 Å². The molecule has 1 amide bonds. The quantitative estimate of drug-likeness (QED) is 0.872. The molecule has 1 unspecified atom stereocenters. The normalized spacial score (nSPS) is 17.0. The average molecular weight is 365 g/mol. The number of amides is 1. The highest BCUT2D eigenvalue weighted by Gasteiger charge is 2.26. The van der Waals surface area contributed by atoms with Crippen LogP contribution in [0, 0.1) is 0 Å². The van der Waals surface area contributed by atoms with Gasteiger partial charge in [-0.25, -0.2) is 0 Å². The molecule has 1 aromatic rings. The summed E-state index contributed by atoms with van der Waals surface area (Å²) in [7, 11) is 1.56. The second-order valence-electron chi connectivity index (χ2n) is 5.16. The Bertz CT molecular complexity index is 465. The van der Waals surface area contributed by atoms with Crippen molar-refractivity contribution in [1.82, 2.24) is 4.90 Å². The van der Waals surface area contributed by atoms with E-state index in [1.807, 2.05) is 40.9 Å². The third-order valence-corrected chi connectivity index (χ3v) is 5.13. The van der Waals surface area contributed by atoms with Gasteiger partial charge in [0.2, 0.25) is 5.91 Å². The van der Waals surface area contributed by atoms with Gasteiger partial charge in [0.1, 0.15) is 6.04 Å². The summed E-state index contributed by atoms with van der Waals surface area (Å²) in [6.45, 7) is 1.81. The summed E-state index contributed by atoms with van der Waals surface area (Å²) >= 11 is 7.74. The summed E-state index contributed by atoms with van der Waals surface area (Å²) < 4.78 is 4.94. The molecule has 1 atom stereocenters. The largest absolute Gasteiger partial charge is 0.383 e. The molecule has 4 nitrogen and oxygen atoms in total. The number of carbonyl (C=O) groups is 1. The zero-order chi connectivity index (χ0) is 15.2. The van der Waals surface area contributed by atoms with Crippen LogP contribution in [0.1, 0.15) is 12.8 Å². The molecule has 124 valence electrons. The van der Waals surface area contributed by atoms with Crippen molar-refractivity contribution in [2.24, 2.45) is 5.73 Å². The van der Waals surface area contributed by atoms with Crippen molar-refractivity contribution in [2.45, 2.75) is 29.0 Å². The summed E-state index contributed by atoms with van der Waals surface area (Å²) in [5, 5.41) is 1.29. The standard InChI is InChI=1S/C15H21ClN2O2S.ClH/c1-20-10-14(17)15(19)18-8-6-13(7-9-18)21-12-4-2-11(16)3-5-12;/h2-5,13-14H,6-10,17H2,1H3;1H. The predicted molar refractivity (Wildman–Crippen MR) is 94.0 cm³/mol. The molecule has 0 spiro atoms. The monoisotopic (exact) mass is 364 g/mol. The molecule has 0 aliphatic carbocycles. The molecule has 0 bridgehead atoms. The van der Waals surface area contributed by atoms with Gasteiger partial charge >= 0.3 is 0 Å². The lowest BCUT2D eigenvalue weighted by Crippen LogP contribution is -2.49. The first-order valence-electron chi connectivity index (χ1n) is 7.05. The Balaban J connectivity index is 0.00000242.